The largest absolute Gasteiger partial charge is 0.481 e. The molecule has 5 atom stereocenters. The van der Waals surface area contributed by atoms with Crippen molar-refractivity contribution in [3.8, 4) is 0 Å². The van der Waals surface area contributed by atoms with Gasteiger partial charge in [0.1, 0.15) is 18.1 Å². The summed E-state index contributed by atoms with van der Waals surface area (Å²) >= 11 is 0. The Balaban J connectivity index is 5.55. The maximum absolute atomic E-state index is 13.0. The van der Waals surface area contributed by atoms with Gasteiger partial charge in [0.05, 0.1) is 6.04 Å². The maximum atomic E-state index is 13.0. The monoisotopic (exact) mass is 516 g/mol. The first-order valence-electron chi connectivity index (χ1n) is 11.9. The molecular weight excluding hydrogens is 476 g/mol. The van der Waals surface area contributed by atoms with E-state index < -0.39 is 65.7 Å². The summed E-state index contributed by atoms with van der Waals surface area (Å²) in [5, 5.41) is 25.6. The first-order chi connectivity index (χ1) is 16.8. The number of nitrogens with one attached hydrogen (secondary N) is 3. The normalized spacial score (nSPS) is 15.0. The first-order valence-corrected chi connectivity index (χ1v) is 11.9. The topological polar surface area (TPSA) is 257 Å². The predicted molar refractivity (Wildman–Crippen MR) is 129 cm³/mol. The molecule has 0 aliphatic rings. The van der Waals surface area contributed by atoms with Crippen molar-refractivity contribution < 1.29 is 39.0 Å². The fraction of sp³-hybridized carbons (Fsp3) is 0.727. The van der Waals surface area contributed by atoms with E-state index in [-0.39, 0.29) is 32.1 Å². The molecule has 0 saturated heterocycles. The third kappa shape index (κ3) is 13.0. The number of carbonyl (C=O) groups excluding carboxylic acids is 4. The third-order valence-corrected chi connectivity index (χ3v) is 5.67. The molecule has 0 aliphatic heterocycles. The van der Waals surface area contributed by atoms with Crippen LogP contribution in [0.5, 0.6) is 0 Å². The van der Waals surface area contributed by atoms with Gasteiger partial charge in [-0.2, -0.15) is 0 Å². The molecule has 4 amide bonds. The summed E-state index contributed by atoms with van der Waals surface area (Å²) in [6.07, 6.45) is 0.698. The molecule has 0 aromatic rings. The molecule has 206 valence electrons. The lowest BCUT2D eigenvalue weighted by Gasteiger charge is -2.28. The van der Waals surface area contributed by atoms with Crippen LogP contribution in [-0.4, -0.2) is 76.5 Å². The molecule has 5 unspecified atom stereocenters. The average molecular weight is 517 g/mol. The molecule has 11 N–H and O–H groups in total. The van der Waals surface area contributed by atoms with E-state index in [1.165, 1.54) is 0 Å². The molecule has 36 heavy (non-hydrogen) atoms. The van der Waals surface area contributed by atoms with E-state index in [0.717, 1.165) is 0 Å². The van der Waals surface area contributed by atoms with Crippen LogP contribution >= 0.6 is 0 Å². The lowest BCUT2D eigenvalue weighted by molar-refractivity contribution is -0.143. The number of carboxylic acid groups (broad SMARTS) is 2. The van der Waals surface area contributed by atoms with E-state index in [1.54, 1.807) is 13.8 Å². The summed E-state index contributed by atoms with van der Waals surface area (Å²) in [4.78, 5) is 71.9. The Morgan fingerprint density at radius 2 is 1.42 bits per heavy atom. The lowest BCUT2D eigenvalue weighted by Crippen LogP contribution is -2.58. The Kier molecular flexibility index (Phi) is 15.7. The number of nitrogens with two attached hydrogens (primary N) is 3. The minimum absolute atomic E-state index is 0.158. The molecule has 0 radical (unpaired) electrons. The number of aliphatic carboxylic acids is 2. The van der Waals surface area contributed by atoms with Crippen LogP contribution in [0.2, 0.25) is 0 Å². The van der Waals surface area contributed by atoms with Crippen LogP contribution < -0.4 is 33.2 Å². The lowest BCUT2D eigenvalue weighted by atomic mass is 9.96. The Bertz CT molecular complexity index is 778. The minimum Gasteiger partial charge on any atom is -0.481 e. The molecule has 0 saturated carbocycles. The van der Waals surface area contributed by atoms with Gasteiger partial charge in [0.25, 0.3) is 0 Å². The summed E-state index contributed by atoms with van der Waals surface area (Å²) in [7, 11) is 0. The van der Waals surface area contributed by atoms with Crippen LogP contribution in [0.3, 0.4) is 0 Å². The summed E-state index contributed by atoms with van der Waals surface area (Å²) in [6, 6.07) is -4.82. The van der Waals surface area contributed by atoms with Gasteiger partial charge in [0, 0.05) is 12.8 Å². The fourth-order valence-corrected chi connectivity index (χ4v) is 3.21. The number of rotatable bonds is 19. The van der Waals surface area contributed by atoms with Crippen molar-refractivity contribution in [2.75, 3.05) is 6.54 Å². The number of carboxylic acids is 2. The Labute approximate surface area is 210 Å². The molecule has 0 aromatic carbocycles. The van der Waals surface area contributed by atoms with E-state index in [4.69, 9.17) is 22.3 Å². The van der Waals surface area contributed by atoms with Crippen LogP contribution in [0.25, 0.3) is 0 Å². The third-order valence-electron chi connectivity index (χ3n) is 5.67. The molecule has 0 aliphatic carbocycles. The molecule has 0 bridgehead atoms. The van der Waals surface area contributed by atoms with Crippen molar-refractivity contribution in [1.29, 1.82) is 0 Å². The van der Waals surface area contributed by atoms with Gasteiger partial charge in [-0.25, -0.2) is 4.79 Å². The number of unbranched alkanes of at least 4 members (excludes halogenated alkanes) is 1. The molecule has 0 fully saturated rings. The van der Waals surface area contributed by atoms with Gasteiger partial charge in [-0.1, -0.05) is 20.3 Å². The molecule has 0 aromatic heterocycles. The number of hydrogen-bond acceptors (Lipinski definition) is 8. The van der Waals surface area contributed by atoms with Crippen LogP contribution in [0.1, 0.15) is 65.2 Å². The second kappa shape index (κ2) is 17.2. The zero-order valence-electron chi connectivity index (χ0n) is 20.8. The highest BCUT2D eigenvalue weighted by Crippen LogP contribution is 2.11. The molecule has 0 spiro atoms. The molecule has 0 rings (SSSR count). The Hall–Kier alpha value is -3.26. The Morgan fingerprint density at radius 1 is 0.806 bits per heavy atom. The Morgan fingerprint density at radius 3 is 1.92 bits per heavy atom. The van der Waals surface area contributed by atoms with E-state index in [9.17, 15) is 33.9 Å². The fourth-order valence-electron chi connectivity index (χ4n) is 3.21. The summed E-state index contributed by atoms with van der Waals surface area (Å²) in [5.41, 5.74) is 16.3. The quantitative estimate of drug-likeness (QED) is 0.0889. The predicted octanol–water partition coefficient (Wildman–Crippen LogP) is -1.84. The number of primary amides is 1. The summed E-state index contributed by atoms with van der Waals surface area (Å²) < 4.78 is 0. The molecule has 14 heteroatoms. The van der Waals surface area contributed by atoms with Crippen molar-refractivity contribution in [1.82, 2.24) is 16.0 Å². The van der Waals surface area contributed by atoms with E-state index in [0.29, 0.717) is 25.8 Å². The highest BCUT2D eigenvalue weighted by atomic mass is 16.4. The van der Waals surface area contributed by atoms with Crippen molar-refractivity contribution in [2.45, 2.75) is 89.4 Å². The van der Waals surface area contributed by atoms with Crippen LogP contribution in [-0.2, 0) is 28.8 Å². The van der Waals surface area contributed by atoms with Gasteiger partial charge in [-0.15, -0.1) is 0 Å². The number of carbonyl (C=O) groups is 6. The van der Waals surface area contributed by atoms with E-state index in [1.807, 2.05) is 0 Å². The SMILES string of the molecule is CCC(C)C(NC(=O)C(CCC(N)=O)NC(=O)C(N)CCC(=O)O)C(=O)NC(CCCCN)C(=O)O. The van der Waals surface area contributed by atoms with Crippen molar-refractivity contribution >= 4 is 35.6 Å². The zero-order chi connectivity index (χ0) is 27.8. The molecule has 0 heterocycles. The minimum atomic E-state index is -1.29. The van der Waals surface area contributed by atoms with Gasteiger partial charge in [0.15, 0.2) is 0 Å². The summed E-state index contributed by atoms with van der Waals surface area (Å²) in [6.45, 7) is 3.85. The summed E-state index contributed by atoms with van der Waals surface area (Å²) in [5.74, 6) is -5.83. The second-order valence-electron chi connectivity index (χ2n) is 8.66. The first kappa shape index (κ1) is 32.7. The highest BCUT2D eigenvalue weighted by molar-refractivity contribution is 5.94. The van der Waals surface area contributed by atoms with Crippen molar-refractivity contribution in [2.24, 2.45) is 23.1 Å². The number of hydrogen-bond donors (Lipinski definition) is 8. The van der Waals surface area contributed by atoms with Crippen LogP contribution in [0.4, 0.5) is 0 Å². The second-order valence-corrected chi connectivity index (χ2v) is 8.66. The van der Waals surface area contributed by atoms with Crippen molar-refractivity contribution in [3.05, 3.63) is 0 Å². The van der Waals surface area contributed by atoms with Gasteiger partial charge in [0.2, 0.25) is 23.6 Å². The van der Waals surface area contributed by atoms with E-state index >= 15 is 0 Å². The van der Waals surface area contributed by atoms with Gasteiger partial charge < -0.3 is 43.4 Å². The molecule has 14 nitrogen and oxygen atoms in total. The average Bonchev–Trinajstić information content (AvgIpc) is 2.81. The van der Waals surface area contributed by atoms with E-state index in [2.05, 4.69) is 16.0 Å². The highest BCUT2D eigenvalue weighted by Gasteiger charge is 2.32. The smallest absolute Gasteiger partial charge is 0.326 e. The maximum Gasteiger partial charge on any atom is 0.326 e. The van der Waals surface area contributed by atoms with Gasteiger partial charge in [-0.3, -0.25) is 24.0 Å². The van der Waals surface area contributed by atoms with Crippen LogP contribution in [0, 0.1) is 5.92 Å². The van der Waals surface area contributed by atoms with Crippen LogP contribution in [0.15, 0.2) is 0 Å². The number of amides is 4. The van der Waals surface area contributed by atoms with Gasteiger partial charge >= 0.3 is 11.9 Å². The van der Waals surface area contributed by atoms with Gasteiger partial charge in [-0.05, 0) is 44.6 Å². The standard InChI is InChI=1S/C22H40N6O8/c1-3-12(2)18(21(34)27-15(22(35)36)6-4-5-11-23)28-20(33)14(8-9-16(25)29)26-19(32)13(24)7-10-17(30)31/h12-15,18H,3-11,23-24H2,1-2H3,(H2,25,29)(H,26,32)(H,27,34)(H,28,33)(H,30,31)(H,35,36). The zero-order valence-corrected chi connectivity index (χ0v) is 20.8. The van der Waals surface area contributed by atoms with Crippen molar-refractivity contribution in [3.63, 3.8) is 0 Å². The molecular formula is C22H40N6O8.